The highest BCUT2D eigenvalue weighted by molar-refractivity contribution is 5.92. The predicted molar refractivity (Wildman–Crippen MR) is 116 cm³/mol. The highest BCUT2D eigenvalue weighted by Crippen LogP contribution is 2.32. The normalized spacial score (nSPS) is 21.8. The third-order valence-electron chi connectivity index (χ3n) is 5.50. The Morgan fingerprint density at radius 2 is 1.97 bits per heavy atom. The second-order valence-electron chi connectivity index (χ2n) is 8.78. The van der Waals surface area contributed by atoms with Crippen molar-refractivity contribution in [2.24, 2.45) is 5.92 Å². The number of hydrogen-bond donors (Lipinski definition) is 2. The van der Waals surface area contributed by atoms with Gasteiger partial charge in [0.05, 0.1) is 12.2 Å². The Bertz CT molecular complexity index is 904. The number of carbonyl (C=O) groups excluding carboxylic acids is 1. The topological polar surface area (TPSA) is 61.8 Å². The number of hydrogen-bond acceptors (Lipinski definition) is 4. The van der Waals surface area contributed by atoms with E-state index >= 15 is 0 Å². The molecule has 0 aliphatic carbocycles. The van der Waals surface area contributed by atoms with Gasteiger partial charge in [0.15, 0.2) is 0 Å². The lowest BCUT2D eigenvalue weighted by Gasteiger charge is -2.45. The maximum absolute atomic E-state index is 14.0. The number of amides is 1. The summed E-state index contributed by atoms with van der Waals surface area (Å²) in [6.45, 7) is 6.77. The highest BCUT2D eigenvalue weighted by atomic mass is 19.1. The van der Waals surface area contributed by atoms with Crippen molar-refractivity contribution in [1.82, 2.24) is 4.90 Å². The van der Waals surface area contributed by atoms with E-state index in [1.165, 1.54) is 30.3 Å². The average Bonchev–Trinajstić information content (AvgIpc) is 2.69. The summed E-state index contributed by atoms with van der Waals surface area (Å²) in [4.78, 5) is 14.4. The zero-order valence-electron chi connectivity index (χ0n) is 18.2. The van der Waals surface area contributed by atoms with E-state index in [4.69, 9.17) is 4.74 Å². The van der Waals surface area contributed by atoms with Crippen molar-refractivity contribution in [1.29, 1.82) is 0 Å². The molecule has 1 heterocycles. The van der Waals surface area contributed by atoms with Gasteiger partial charge < -0.3 is 15.2 Å². The fraction of sp³-hybridized carbons (Fsp3) is 0.458. The van der Waals surface area contributed by atoms with E-state index in [0.29, 0.717) is 31.7 Å². The number of piperidine rings is 1. The molecule has 1 fully saturated rings. The van der Waals surface area contributed by atoms with Crippen molar-refractivity contribution in [2.45, 2.75) is 45.3 Å². The van der Waals surface area contributed by atoms with Crippen LogP contribution in [-0.2, 0) is 4.79 Å². The second kappa shape index (κ2) is 9.75. The van der Waals surface area contributed by atoms with Gasteiger partial charge in [-0.2, -0.15) is 0 Å². The minimum Gasteiger partial charge on any atom is -0.486 e. The SMILES string of the molecule is Cc1ccc(F)c(NC(=O)CN2CC[C@@](O)(CC(C)C)[C@@H](Oc3ccc(F)cc3)C2)c1. The molecule has 1 aliphatic heterocycles. The van der Waals surface area contributed by atoms with Crippen molar-refractivity contribution in [3.05, 3.63) is 59.7 Å². The Morgan fingerprint density at radius 1 is 1.26 bits per heavy atom. The molecule has 1 aliphatic rings. The minimum atomic E-state index is -1.06. The van der Waals surface area contributed by atoms with Crippen LogP contribution in [0.25, 0.3) is 0 Å². The van der Waals surface area contributed by atoms with E-state index in [-0.39, 0.29) is 29.9 Å². The smallest absolute Gasteiger partial charge is 0.238 e. The number of ether oxygens (including phenoxy) is 1. The number of aryl methyl sites for hydroxylation is 1. The predicted octanol–water partition coefficient (Wildman–Crippen LogP) is 4.14. The Balaban J connectivity index is 1.69. The zero-order valence-corrected chi connectivity index (χ0v) is 18.2. The number of rotatable bonds is 7. The third kappa shape index (κ3) is 6.24. The first-order valence-electron chi connectivity index (χ1n) is 10.6. The molecule has 31 heavy (non-hydrogen) atoms. The minimum absolute atomic E-state index is 0.0500. The Hall–Kier alpha value is -2.51. The van der Waals surface area contributed by atoms with Gasteiger partial charge in [-0.3, -0.25) is 9.69 Å². The zero-order chi connectivity index (χ0) is 22.6. The van der Waals surface area contributed by atoms with Crippen LogP contribution in [0.5, 0.6) is 5.75 Å². The lowest BCUT2D eigenvalue weighted by atomic mass is 9.81. The fourth-order valence-corrected chi connectivity index (χ4v) is 4.04. The molecule has 0 spiro atoms. The molecule has 0 saturated carbocycles. The van der Waals surface area contributed by atoms with Crippen LogP contribution in [0.4, 0.5) is 14.5 Å². The lowest BCUT2D eigenvalue weighted by Crippen LogP contribution is -2.59. The van der Waals surface area contributed by atoms with E-state index in [1.54, 1.807) is 12.1 Å². The number of likely N-dealkylation sites (tertiary alicyclic amines) is 1. The van der Waals surface area contributed by atoms with Crippen LogP contribution in [0.3, 0.4) is 0 Å². The number of anilines is 1. The van der Waals surface area contributed by atoms with E-state index in [1.807, 2.05) is 25.7 Å². The highest BCUT2D eigenvalue weighted by Gasteiger charge is 2.43. The van der Waals surface area contributed by atoms with Crippen LogP contribution >= 0.6 is 0 Å². The van der Waals surface area contributed by atoms with Crippen LogP contribution in [0.2, 0.25) is 0 Å². The largest absolute Gasteiger partial charge is 0.486 e. The quantitative estimate of drug-likeness (QED) is 0.690. The summed E-state index contributed by atoms with van der Waals surface area (Å²) in [6, 6.07) is 10.2. The molecule has 168 valence electrons. The number of nitrogens with zero attached hydrogens (tertiary/aromatic N) is 1. The Kier molecular flexibility index (Phi) is 7.28. The maximum Gasteiger partial charge on any atom is 0.238 e. The van der Waals surface area contributed by atoms with Gasteiger partial charge in [-0.1, -0.05) is 19.9 Å². The summed E-state index contributed by atoms with van der Waals surface area (Å²) in [5.41, 5.74) is -0.0586. The Morgan fingerprint density at radius 3 is 2.65 bits per heavy atom. The second-order valence-corrected chi connectivity index (χ2v) is 8.78. The average molecular weight is 433 g/mol. The summed E-state index contributed by atoms with van der Waals surface area (Å²) in [6.07, 6.45) is 0.397. The Labute approximate surface area is 182 Å². The van der Waals surface area contributed by atoms with Gasteiger partial charge in [0.2, 0.25) is 5.91 Å². The number of carbonyl (C=O) groups is 1. The monoisotopic (exact) mass is 432 g/mol. The molecule has 0 radical (unpaired) electrons. The molecule has 3 rings (SSSR count). The van der Waals surface area contributed by atoms with Crippen LogP contribution in [-0.4, -0.2) is 47.3 Å². The van der Waals surface area contributed by atoms with Crippen molar-refractivity contribution in [3.8, 4) is 5.75 Å². The summed E-state index contributed by atoms with van der Waals surface area (Å²) < 4.78 is 33.2. The molecular weight excluding hydrogens is 402 g/mol. The van der Waals surface area contributed by atoms with Crippen molar-refractivity contribution in [2.75, 3.05) is 25.0 Å². The van der Waals surface area contributed by atoms with E-state index in [0.717, 1.165) is 5.56 Å². The molecule has 0 unspecified atom stereocenters. The summed E-state index contributed by atoms with van der Waals surface area (Å²) in [5.74, 6) is -0.471. The summed E-state index contributed by atoms with van der Waals surface area (Å²) in [7, 11) is 0. The first-order chi connectivity index (χ1) is 14.6. The van der Waals surface area contributed by atoms with Crippen molar-refractivity contribution in [3.63, 3.8) is 0 Å². The van der Waals surface area contributed by atoms with E-state index in [2.05, 4.69) is 5.32 Å². The van der Waals surface area contributed by atoms with Crippen LogP contribution in [0.1, 0.15) is 32.3 Å². The van der Waals surface area contributed by atoms with Gasteiger partial charge >= 0.3 is 0 Å². The lowest BCUT2D eigenvalue weighted by molar-refractivity contribution is -0.129. The van der Waals surface area contributed by atoms with Crippen molar-refractivity contribution < 1.29 is 23.4 Å². The molecule has 1 amide bonds. The van der Waals surface area contributed by atoms with Gasteiger partial charge in [0.25, 0.3) is 0 Å². The molecule has 0 aromatic heterocycles. The summed E-state index contributed by atoms with van der Waals surface area (Å²) in [5, 5.41) is 13.9. The van der Waals surface area contributed by atoms with E-state index < -0.39 is 17.5 Å². The number of halogens is 2. The molecule has 5 nitrogen and oxygen atoms in total. The van der Waals surface area contributed by atoms with Crippen LogP contribution < -0.4 is 10.1 Å². The van der Waals surface area contributed by atoms with E-state index in [9.17, 15) is 18.7 Å². The molecule has 1 saturated heterocycles. The molecule has 2 atom stereocenters. The first kappa shape index (κ1) is 23.2. The van der Waals surface area contributed by atoms with Crippen LogP contribution in [0, 0.1) is 24.5 Å². The third-order valence-corrected chi connectivity index (χ3v) is 5.50. The van der Waals surface area contributed by atoms with Gasteiger partial charge in [0.1, 0.15) is 29.1 Å². The van der Waals surface area contributed by atoms with Gasteiger partial charge in [-0.25, -0.2) is 8.78 Å². The molecule has 2 N–H and O–H groups in total. The number of aliphatic hydroxyl groups is 1. The van der Waals surface area contributed by atoms with Crippen molar-refractivity contribution >= 4 is 11.6 Å². The maximum atomic E-state index is 14.0. The van der Waals surface area contributed by atoms with Crippen LogP contribution in [0.15, 0.2) is 42.5 Å². The molecule has 7 heteroatoms. The number of nitrogens with one attached hydrogen (secondary N) is 1. The molecular formula is C24H30F2N2O3. The standard InChI is InChI=1S/C24H30F2N2O3/c1-16(2)13-24(30)10-11-28(14-22(24)31-19-7-5-18(25)6-8-19)15-23(29)27-21-12-17(3)4-9-20(21)26/h4-9,12,16,22,30H,10-11,13-15H2,1-3H3,(H,27,29)/t22-,24+/m0/s1. The van der Waals surface area contributed by atoms with Gasteiger partial charge in [0, 0.05) is 13.1 Å². The number of benzene rings is 2. The van der Waals surface area contributed by atoms with Gasteiger partial charge in [-0.05, 0) is 67.6 Å². The first-order valence-corrected chi connectivity index (χ1v) is 10.6. The molecule has 0 bridgehead atoms. The fourth-order valence-electron chi connectivity index (χ4n) is 4.04. The van der Waals surface area contributed by atoms with Gasteiger partial charge in [-0.15, -0.1) is 0 Å². The molecule has 2 aromatic rings. The summed E-state index contributed by atoms with van der Waals surface area (Å²) >= 11 is 0. The molecule has 2 aromatic carbocycles.